The van der Waals surface area contributed by atoms with Crippen LogP contribution in [-0.4, -0.2) is 19.8 Å². The van der Waals surface area contributed by atoms with Gasteiger partial charge < -0.3 is 0 Å². The van der Waals surface area contributed by atoms with Gasteiger partial charge in [0.05, 0.1) is 0 Å². The molecule has 0 saturated carbocycles. The maximum atomic E-state index is 3.02. The van der Waals surface area contributed by atoms with Crippen molar-refractivity contribution in [1.29, 1.82) is 0 Å². The SMILES string of the molecule is Br[C](Br)Br.[GaH3]. The third-order valence-corrected chi connectivity index (χ3v) is 0. The number of hydrogen-bond acceptors (Lipinski definition) is 0. The van der Waals surface area contributed by atoms with Crippen molar-refractivity contribution < 1.29 is 0 Å². The predicted octanol–water partition coefficient (Wildman–Crippen LogP) is 1.43. The van der Waals surface area contributed by atoms with E-state index in [0.29, 0.717) is 0 Å². The van der Waals surface area contributed by atoms with E-state index in [1.54, 1.807) is 0 Å². The van der Waals surface area contributed by atoms with Crippen molar-refractivity contribution in [3.05, 3.63) is 2.65 Å². The Morgan fingerprint density at radius 1 is 1.00 bits per heavy atom. The van der Waals surface area contributed by atoms with Gasteiger partial charge in [0.15, 0.2) is 2.65 Å². The molecule has 0 amide bonds. The van der Waals surface area contributed by atoms with Crippen LogP contribution in [0.5, 0.6) is 0 Å². The fraction of sp³-hybridized carbons (Fsp3) is 0. The second-order valence-corrected chi connectivity index (χ2v) is 5.79. The third-order valence-electron chi connectivity index (χ3n) is 0. The van der Waals surface area contributed by atoms with Crippen LogP contribution in [0.4, 0.5) is 0 Å². The molecule has 0 aliphatic rings. The van der Waals surface area contributed by atoms with E-state index in [1.807, 2.05) is 0 Å². The Labute approximate surface area is 69.5 Å². The van der Waals surface area contributed by atoms with E-state index in [2.05, 4.69) is 47.8 Å². The zero-order valence-corrected chi connectivity index (χ0v) is 6.39. The quantitative estimate of drug-likeness (QED) is 0.592. The van der Waals surface area contributed by atoms with Gasteiger partial charge in [-0.2, -0.15) is 0 Å². The summed E-state index contributed by atoms with van der Waals surface area (Å²) < 4.78 is 0.854. The van der Waals surface area contributed by atoms with Gasteiger partial charge in [-0.25, -0.2) is 0 Å². The molecular weight excluding hydrogens is 321 g/mol. The Balaban J connectivity index is 0. The van der Waals surface area contributed by atoms with E-state index in [0.717, 1.165) is 2.65 Å². The van der Waals surface area contributed by atoms with Crippen LogP contribution in [0.3, 0.4) is 0 Å². The van der Waals surface area contributed by atoms with Crippen molar-refractivity contribution in [2.75, 3.05) is 0 Å². The summed E-state index contributed by atoms with van der Waals surface area (Å²) in [5.74, 6) is 0. The monoisotopic (exact) mass is 321 g/mol. The van der Waals surface area contributed by atoms with Crippen LogP contribution in [0.25, 0.3) is 0 Å². The van der Waals surface area contributed by atoms with Crippen molar-refractivity contribution in [2.24, 2.45) is 0 Å². The standard InChI is InChI=1S/CBr3.Ga.3H/c2-1(3)4;;;;. The van der Waals surface area contributed by atoms with Gasteiger partial charge in [-0.15, -0.1) is 0 Å². The fourth-order valence-electron chi connectivity index (χ4n) is 0. The molecule has 0 aliphatic carbocycles. The zero-order chi connectivity index (χ0) is 3.58. The summed E-state index contributed by atoms with van der Waals surface area (Å²) in [7, 11) is 0. The Bertz CT molecular complexity index is 11.6. The molecule has 0 atom stereocenters. The number of halogens is 3. The molecule has 4 heteroatoms. The molecular formula is CH3Br3Ga. The molecule has 0 aromatic rings. The molecule has 0 rings (SSSR count). The predicted molar refractivity (Wildman–Crippen MR) is 40.0 cm³/mol. The molecule has 0 nitrogen and oxygen atoms in total. The fourth-order valence-corrected chi connectivity index (χ4v) is 0. The van der Waals surface area contributed by atoms with Gasteiger partial charge in [0, 0.05) is 0 Å². The second kappa shape index (κ2) is 6.08. The van der Waals surface area contributed by atoms with Crippen LogP contribution in [0, 0.1) is 2.65 Å². The van der Waals surface area contributed by atoms with Gasteiger partial charge in [0.25, 0.3) is 0 Å². The van der Waals surface area contributed by atoms with Gasteiger partial charge in [-0.05, 0) is 0 Å². The van der Waals surface area contributed by atoms with E-state index < -0.39 is 0 Å². The minimum absolute atomic E-state index is 0. The molecule has 0 aromatic heterocycles. The summed E-state index contributed by atoms with van der Waals surface area (Å²) >= 11 is 9.06. The number of rotatable bonds is 0. The van der Waals surface area contributed by atoms with E-state index in [1.165, 1.54) is 0 Å². The molecule has 0 spiro atoms. The van der Waals surface area contributed by atoms with Crippen LogP contribution >= 0.6 is 47.8 Å². The molecule has 0 aromatic carbocycles. The van der Waals surface area contributed by atoms with E-state index in [9.17, 15) is 0 Å². The summed E-state index contributed by atoms with van der Waals surface area (Å²) in [4.78, 5) is 0. The van der Waals surface area contributed by atoms with Gasteiger partial charge >= 0.3 is 19.8 Å². The molecule has 0 bridgehead atoms. The first-order valence-electron chi connectivity index (χ1n) is 0.567. The molecule has 0 aliphatic heterocycles. The minimum atomic E-state index is 0. The first-order valence-corrected chi connectivity index (χ1v) is 2.95. The molecule has 31 valence electrons. The first kappa shape index (κ1) is 10.1. The van der Waals surface area contributed by atoms with Crippen LogP contribution < -0.4 is 0 Å². The van der Waals surface area contributed by atoms with Crippen molar-refractivity contribution in [2.45, 2.75) is 0 Å². The first-order chi connectivity index (χ1) is 1.73. The van der Waals surface area contributed by atoms with Gasteiger partial charge in [-0.1, -0.05) is 47.8 Å². The van der Waals surface area contributed by atoms with Crippen LogP contribution in [0.2, 0.25) is 0 Å². The van der Waals surface area contributed by atoms with E-state index in [4.69, 9.17) is 0 Å². The Hall–Kier alpha value is 2.08. The van der Waals surface area contributed by atoms with Crippen LogP contribution in [0.1, 0.15) is 0 Å². The van der Waals surface area contributed by atoms with Crippen LogP contribution in [0.15, 0.2) is 0 Å². The Morgan fingerprint density at radius 3 is 1.00 bits per heavy atom. The molecule has 5 heavy (non-hydrogen) atoms. The summed E-state index contributed by atoms with van der Waals surface area (Å²) in [6, 6.07) is 0. The molecule has 0 fully saturated rings. The second-order valence-electron chi connectivity index (χ2n) is 0.214. The van der Waals surface area contributed by atoms with E-state index in [-0.39, 0.29) is 19.8 Å². The summed E-state index contributed by atoms with van der Waals surface area (Å²) in [5.41, 5.74) is 0. The Kier molecular flexibility index (Phi) is 12.3. The maximum absolute atomic E-state index is 3.02. The van der Waals surface area contributed by atoms with Crippen molar-refractivity contribution >= 4 is 67.6 Å². The molecule has 0 unspecified atom stereocenters. The van der Waals surface area contributed by atoms with Gasteiger partial charge in [0.2, 0.25) is 0 Å². The average molecular weight is 324 g/mol. The molecule has 0 N–H and O–H groups in total. The molecule has 0 heterocycles. The summed E-state index contributed by atoms with van der Waals surface area (Å²) in [5, 5.41) is 0. The zero-order valence-electron chi connectivity index (χ0n) is 1.63. The van der Waals surface area contributed by atoms with Gasteiger partial charge in [-0.3, -0.25) is 0 Å². The van der Waals surface area contributed by atoms with Crippen molar-refractivity contribution in [1.82, 2.24) is 0 Å². The molecule has 1 radical (unpaired) electrons. The third kappa shape index (κ3) is 23.4. The average Bonchev–Trinajstić information content (AvgIpc) is 0.811. The number of hydrogen-bond donors (Lipinski definition) is 0. The molecule has 0 saturated heterocycles. The Morgan fingerprint density at radius 2 is 1.00 bits per heavy atom. The summed E-state index contributed by atoms with van der Waals surface area (Å²) in [6.45, 7) is 0. The van der Waals surface area contributed by atoms with E-state index >= 15 is 0 Å². The normalized spacial score (nSPS) is 7.20. The van der Waals surface area contributed by atoms with Crippen LogP contribution in [-0.2, 0) is 0 Å². The van der Waals surface area contributed by atoms with Crippen molar-refractivity contribution in [3.63, 3.8) is 0 Å². The van der Waals surface area contributed by atoms with Gasteiger partial charge in [0.1, 0.15) is 0 Å². The van der Waals surface area contributed by atoms with Crippen molar-refractivity contribution in [3.8, 4) is 0 Å². The topological polar surface area (TPSA) is 0 Å². The summed E-state index contributed by atoms with van der Waals surface area (Å²) in [6.07, 6.45) is 0.